The summed E-state index contributed by atoms with van der Waals surface area (Å²) in [4.78, 5) is 35.4. The molecule has 2 fully saturated rings. The summed E-state index contributed by atoms with van der Waals surface area (Å²) in [5.74, 6) is -3.09. The molecule has 0 radical (unpaired) electrons. The van der Waals surface area contributed by atoms with Crippen molar-refractivity contribution in [3.8, 4) is 6.07 Å². The van der Waals surface area contributed by atoms with Crippen molar-refractivity contribution in [2.24, 2.45) is 5.92 Å². The van der Waals surface area contributed by atoms with Crippen LogP contribution < -0.4 is 15.1 Å². The molecule has 42 heavy (non-hydrogen) atoms. The van der Waals surface area contributed by atoms with Gasteiger partial charge >= 0.3 is 0 Å². The van der Waals surface area contributed by atoms with Crippen LogP contribution in [0.5, 0.6) is 0 Å². The molecular weight excluding hydrogens is 540 g/mol. The highest BCUT2D eigenvalue weighted by Gasteiger charge is 2.57. The normalized spacial score (nSPS) is 27.4. The largest absolute Gasteiger partial charge is 0.376 e. The van der Waals surface area contributed by atoms with Crippen LogP contribution in [-0.4, -0.2) is 51.7 Å². The number of amides is 2. The summed E-state index contributed by atoms with van der Waals surface area (Å²) in [6, 6.07) is 12.6. The number of para-hydroxylation sites is 1. The summed E-state index contributed by atoms with van der Waals surface area (Å²) in [5.41, 5.74) is 1.52. The van der Waals surface area contributed by atoms with Gasteiger partial charge in [0, 0.05) is 37.2 Å². The first-order valence-electron chi connectivity index (χ1n) is 14.4. The maximum Gasteiger partial charge on any atom is 0.251 e. The number of hydrogen-bond donors (Lipinski definition) is 2. The molecule has 1 saturated heterocycles. The Morgan fingerprint density at radius 2 is 2.00 bits per heavy atom. The molecule has 218 valence electrons. The van der Waals surface area contributed by atoms with E-state index in [1.165, 1.54) is 23.2 Å². The van der Waals surface area contributed by atoms with E-state index in [0.717, 1.165) is 11.1 Å². The van der Waals surface area contributed by atoms with Crippen LogP contribution in [-0.2, 0) is 9.59 Å². The number of nitrogens with one attached hydrogen (secondary N) is 1. The van der Waals surface area contributed by atoms with Crippen molar-refractivity contribution in [2.75, 3.05) is 9.80 Å². The zero-order valence-corrected chi connectivity index (χ0v) is 23.3. The zero-order valence-electron chi connectivity index (χ0n) is 23.3. The molecular formula is C32H33F2N5O3. The molecule has 1 saturated carbocycles. The van der Waals surface area contributed by atoms with Crippen LogP contribution in [0.15, 0.2) is 72.0 Å². The number of carbonyl (C=O) groups is 2. The van der Waals surface area contributed by atoms with Crippen molar-refractivity contribution in [1.29, 1.82) is 5.26 Å². The quantitative estimate of drug-likeness (QED) is 0.468. The highest BCUT2D eigenvalue weighted by atomic mass is 19.3. The van der Waals surface area contributed by atoms with Gasteiger partial charge < -0.3 is 5.11 Å². The molecule has 10 heteroatoms. The molecule has 0 bridgehead atoms. The minimum atomic E-state index is -2.78. The molecule has 8 nitrogen and oxygen atoms in total. The van der Waals surface area contributed by atoms with Crippen molar-refractivity contribution < 1.29 is 23.5 Å². The number of aromatic nitrogens is 1. The van der Waals surface area contributed by atoms with Crippen LogP contribution in [0.4, 0.5) is 20.3 Å². The van der Waals surface area contributed by atoms with Gasteiger partial charge in [-0.25, -0.2) is 13.8 Å². The van der Waals surface area contributed by atoms with E-state index in [4.69, 9.17) is 0 Å². The van der Waals surface area contributed by atoms with E-state index < -0.39 is 35.7 Å². The van der Waals surface area contributed by atoms with Gasteiger partial charge in [0.05, 0.1) is 11.6 Å². The summed E-state index contributed by atoms with van der Waals surface area (Å²) in [6.07, 6.45) is 5.44. The number of hydrogen-bond acceptors (Lipinski definition) is 6. The standard InChI is InChI=1S/C32H33F2N5O3/c1-20-7-8-22-11-13-32(25(22)15-20,30(42)37-23-17-31(33,34)18-23)39(24-5-3-2-4-6-24)29(41)26-9-10-28(40)38(26)27-16-21(19-35)12-14-36-27/h2-8,12,14,16,20,23,26,30,37,42H,9-11,13,15,17-18H2,1H3/t20?,26-,30?,32-/m0/s1. The van der Waals surface area contributed by atoms with Crippen molar-refractivity contribution >= 4 is 23.3 Å². The van der Waals surface area contributed by atoms with E-state index >= 15 is 0 Å². The van der Waals surface area contributed by atoms with Gasteiger partial charge in [-0.3, -0.25) is 24.7 Å². The third-order valence-electron chi connectivity index (χ3n) is 9.03. The maximum atomic E-state index is 14.9. The molecule has 4 aliphatic rings. The molecule has 1 aromatic heterocycles. The third kappa shape index (κ3) is 4.80. The van der Waals surface area contributed by atoms with Gasteiger partial charge in [-0.2, -0.15) is 5.26 Å². The second-order valence-corrected chi connectivity index (χ2v) is 11.8. The summed E-state index contributed by atoms with van der Waals surface area (Å²) in [7, 11) is 0. The number of benzene rings is 1. The van der Waals surface area contributed by atoms with Gasteiger partial charge in [-0.05, 0) is 67.0 Å². The summed E-state index contributed by atoms with van der Waals surface area (Å²) in [5, 5.41) is 24.5. The van der Waals surface area contributed by atoms with E-state index in [1.807, 2.05) is 12.1 Å². The summed E-state index contributed by atoms with van der Waals surface area (Å²) < 4.78 is 27.6. The van der Waals surface area contributed by atoms with Crippen LogP contribution in [0.2, 0.25) is 0 Å². The molecule has 4 atom stereocenters. The Morgan fingerprint density at radius 3 is 2.71 bits per heavy atom. The van der Waals surface area contributed by atoms with Gasteiger partial charge in [-0.1, -0.05) is 37.3 Å². The lowest BCUT2D eigenvalue weighted by Gasteiger charge is -2.50. The fraction of sp³-hybridized carbons (Fsp3) is 0.438. The number of aliphatic hydroxyl groups excluding tert-OH is 1. The summed E-state index contributed by atoms with van der Waals surface area (Å²) >= 11 is 0. The molecule has 1 aliphatic heterocycles. The van der Waals surface area contributed by atoms with E-state index in [0.29, 0.717) is 30.5 Å². The Morgan fingerprint density at radius 1 is 1.24 bits per heavy atom. The molecule has 1 aromatic carbocycles. The fourth-order valence-corrected chi connectivity index (χ4v) is 6.98. The summed E-state index contributed by atoms with van der Waals surface area (Å²) in [6.45, 7) is 2.07. The number of allylic oxidation sites excluding steroid dienone is 3. The Balaban J connectivity index is 1.46. The topological polar surface area (TPSA) is 110 Å². The van der Waals surface area contributed by atoms with Gasteiger partial charge in [0.25, 0.3) is 11.8 Å². The number of halogens is 2. The van der Waals surface area contributed by atoms with E-state index in [-0.39, 0.29) is 43.3 Å². The third-order valence-corrected chi connectivity index (χ3v) is 9.03. The molecule has 6 rings (SSSR count). The number of pyridine rings is 1. The van der Waals surface area contributed by atoms with Crippen molar-refractivity contribution in [2.45, 2.75) is 81.6 Å². The Bertz CT molecular complexity index is 1490. The average Bonchev–Trinajstić information content (AvgIpc) is 3.54. The molecule has 0 spiro atoms. The van der Waals surface area contributed by atoms with Crippen molar-refractivity contribution in [3.63, 3.8) is 0 Å². The fourth-order valence-electron chi connectivity index (χ4n) is 6.98. The lowest BCUT2D eigenvalue weighted by atomic mass is 9.78. The predicted molar refractivity (Wildman–Crippen MR) is 152 cm³/mol. The number of aliphatic hydroxyl groups is 1. The van der Waals surface area contributed by atoms with Crippen molar-refractivity contribution in [3.05, 3.63) is 77.5 Å². The zero-order chi connectivity index (χ0) is 29.6. The van der Waals surface area contributed by atoms with Crippen LogP contribution >= 0.6 is 0 Å². The Labute approximate surface area is 243 Å². The van der Waals surface area contributed by atoms with E-state index in [9.17, 15) is 28.7 Å². The molecule has 2 N–H and O–H groups in total. The first-order valence-corrected chi connectivity index (χ1v) is 14.4. The van der Waals surface area contributed by atoms with Gasteiger partial charge in [-0.15, -0.1) is 0 Å². The number of rotatable bonds is 7. The average molecular weight is 574 g/mol. The Hall–Kier alpha value is -3.94. The van der Waals surface area contributed by atoms with E-state index in [1.54, 1.807) is 29.2 Å². The maximum absolute atomic E-state index is 14.9. The number of anilines is 2. The first kappa shape index (κ1) is 28.2. The van der Waals surface area contributed by atoms with E-state index in [2.05, 4.69) is 29.4 Å². The SMILES string of the molecule is CC1C=CC2=C(C1)[C@@](C(O)NC1CC(F)(F)C1)(N(C(=O)[C@@H]1CCC(=O)N1c1cc(C#N)ccn1)c1ccccc1)CC2. The number of nitriles is 1. The van der Waals surface area contributed by atoms with Gasteiger partial charge in [0.15, 0.2) is 0 Å². The highest BCUT2D eigenvalue weighted by molar-refractivity contribution is 6.09. The smallest absolute Gasteiger partial charge is 0.251 e. The number of carbonyl (C=O) groups excluding carboxylic acids is 2. The predicted octanol–water partition coefficient (Wildman–Crippen LogP) is 4.61. The van der Waals surface area contributed by atoms with Gasteiger partial charge in [0.1, 0.15) is 23.6 Å². The number of alkyl halides is 2. The molecule has 3 aliphatic carbocycles. The van der Waals surface area contributed by atoms with Crippen LogP contribution in [0, 0.1) is 17.2 Å². The lowest BCUT2D eigenvalue weighted by Crippen LogP contribution is -2.68. The van der Waals surface area contributed by atoms with Crippen LogP contribution in [0.1, 0.15) is 57.4 Å². The minimum absolute atomic E-state index is 0.121. The Kier molecular flexibility index (Phi) is 7.19. The van der Waals surface area contributed by atoms with Crippen LogP contribution in [0.25, 0.3) is 0 Å². The monoisotopic (exact) mass is 573 g/mol. The molecule has 2 heterocycles. The molecule has 2 amide bonds. The highest BCUT2D eigenvalue weighted by Crippen LogP contribution is 2.50. The lowest BCUT2D eigenvalue weighted by molar-refractivity contribution is -0.125. The minimum Gasteiger partial charge on any atom is -0.376 e. The van der Waals surface area contributed by atoms with Crippen molar-refractivity contribution in [1.82, 2.24) is 10.3 Å². The number of nitrogens with zero attached hydrogens (tertiary/aromatic N) is 4. The molecule has 2 aromatic rings. The van der Waals surface area contributed by atoms with Gasteiger partial charge in [0.2, 0.25) is 5.91 Å². The molecule has 2 unspecified atom stereocenters. The van der Waals surface area contributed by atoms with Crippen LogP contribution in [0.3, 0.4) is 0 Å². The second-order valence-electron chi connectivity index (χ2n) is 11.8. The second kappa shape index (κ2) is 10.7. The first-order chi connectivity index (χ1) is 20.1.